The summed E-state index contributed by atoms with van der Waals surface area (Å²) in [6.45, 7) is 0. The van der Waals surface area contributed by atoms with Gasteiger partial charge in [0, 0.05) is 5.66 Å². The topological polar surface area (TPSA) is 0 Å². The molecule has 0 saturated heterocycles. The fourth-order valence-electron chi connectivity index (χ4n) is 4.33. The van der Waals surface area contributed by atoms with Gasteiger partial charge in [0.2, 0.25) is 0 Å². The van der Waals surface area contributed by atoms with E-state index in [0.29, 0.717) is 5.66 Å². The Kier molecular flexibility index (Phi) is 6.74. The third kappa shape index (κ3) is 4.68. The van der Waals surface area contributed by atoms with Gasteiger partial charge in [-0.2, -0.15) is 0 Å². The average molecular weight is 448 g/mol. The molecule has 1 aliphatic rings. The first-order valence-corrected chi connectivity index (χ1v) is 13.8. The van der Waals surface area contributed by atoms with Gasteiger partial charge in [-0.15, -0.1) is 0 Å². The highest BCUT2D eigenvalue weighted by atomic mass is 31.1. The molecule has 0 aromatic heterocycles. The Bertz CT molecular complexity index is 1100. The highest BCUT2D eigenvalue weighted by Crippen LogP contribution is 2.52. The third-order valence-corrected chi connectivity index (χ3v) is 11.0. The molecule has 2 heteroatoms. The van der Waals surface area contributed by atoms with Crippen molar-refractivity contribution in [1.82, 2.24) is 0 Å². The van der Waals surface area contributed by atoms with Crippen molar-refractivity contribution in [3.05, 3.63) is 145 Å². The smallest absolute Gasteiger partial charge is 0.00948 e. The molecule has 0 spiro atoms. The van der Waals surface area contributed by atoms with E-state index >= 15 is 0 Å². The Morgan fingerprint density at radius 3 is 1.34 bits per heavy atom. The fourth-order valence-corrected chi connectivity index (χ4v) is 9.69. The van der Waals surface area contributed by atoms with E-state index < -0.39 is 15.8 Å². The summed E-state index contributed by atoms with van der Waals surface area (Å²) < 4.78 is 0. The van der Waals surface area contributed by atoms with Crippen molar-refractivity contribution < 1.29 is 0 Å². The van der Waals surface area contributed by atoms with Crippen molar-refractivity contribution in [2.45, 2.75) is 12.1 Å². The molecule has 0 N–H and O–H groups in total. The monoisotopic (exact) mass is 448 g/mol. The SMILES string of the molecule is C1=CC(P(c2ccccc2)c2ccccc2)CC(P(c2ccccc2)c2ccccc2)=C1. The molecule has 0 nitrogen and oxygen atoms in total. The maximum Gasteiger partial charge on any atom is 0.00948 e. The first kappa shape index (κ1) is 21.1. The molecule has 0 aliphatic heterocycles. The van der Waals surface area contributed by atoms with Gasteiger partial charge in [-0.1, -0.05) is 140 Å². The van der Waals surface area contributed by atoms with Crippen LogP contribution in [0.5, 0.6) is 0 Å². The lowest BCUT2D eigenvalue weighted by Gasteiger charge is -2.32. The molecule has 0 saturated carbocycles. The third-order valence-electron chi connectivity index (χ3n) is 5.76. The summed E-state index contributed by atoms with van der Waals surface area (Å²) in [6.07, 6.45) is 8.23. The van der Waals surface area contributed by atoms with Gasteiger partial charge in [-0.3, -0.25) is 0 Å². The molecule has 0 heterocycles. The molecule has 1 unspecified atom stereocenters. The molecule has 1 atom stereocenters. The van der Waals surface area contributed by atoms with Crippen LogP contribution in [-0.4, -0.2) is 5.66 Å². The van der Waals surface area contributed by atoms with Crippen molar-refractivity contribution in [2.75, 3.05) is 0 Å². The second kappa shape index (κ2) is 10.2. The van der Waals surface area contributed by atoms with Gasteiger partial charge in [0.05, 0.1) is 0 Å². The standard InChI is InChI=1S/C30H26P2/c1-5-14-25(15-6-1)31(26-16-7-2-8-17-26)29-22-13-23-30(24-29)32(27-18-9-3-10-19-27)28-20-11-4-12-21-28/h1-23,29H,24H2. The number of hydrogen-bond donors (Lipinski definition) is 0. The summed E-state index contributed by atoms with van der Waals surface area (Å²) in [5, 5.41) is 7.32. The number of benzene rings is 4. The van der Waals surface area contributed by atoms with Crippen LogP contribution < -0.4 is 21.2 Å². The molecule has 5 rings (SSSR count). The lowest BCUT2D eigenvalue weighted by atomic mass is 10.2. The lowest BCUT2D eigenvalue weighted by Crippen LogP contribution is -2.23. The van der Waals surface area contributed by atoms with Crippen LogP contribution in [0.25, 0.3) is 0 Å². The van der Waals surface area contributed by atoms with Crippen LogP contribution in [0.4, 0.5) is 0 Å². The molecule has 0 fully saturated rings. The summed E-state index contributed by atoms with van der Waals surface area (Å²) >= 11 is 0. The van der Waals surface area contributed by atoms with Gasteiger partial charge >= 0.3 is 0 Å². The molecule has 0 radical (unpaired) electrons. The van der Waals surface area contributed by atoms with Crippen molar-refractivity contribution >= 4 is 37.1 Å². The molecule has 4 aromatic rings. The fraction of sp³-hybridized carbons (Fsp3) is 0.0667. The molecule has 0 bridgehead atoms. The minimum absolute atomic E-state index is 0.476. The Labute approximate surface area is 193 Å². The first-order valence-electron chi connectivity index (χ1n) is 11.1. The van der Waals surface area contributed by atoms with E-state index in [1.807, 2.05) is 0 Å². The summed E-state index contributed by atoms with van der Waals surface area (Å²) in [7, 11) is -1.01. The summed E-state index contributed by atoms with van der Waals surface area (Å²) in [4.78, 5) is 0. The Morgan fingerprint density at radius 2 is 0.906 bits per heavy atom. The highest BCUT2D eigenvalue weighted by Gasteiger charge is 2.28. The van der Waals surface area contributed by atoms with Crippen LogP contribution in [0.2, 0.25) is 0 Å². The van der Waals surface area contributed by atoms with Crippen molar-refractivity contribution in [3.63, 3.8) is 0 Å². The predicted octanol–water partition coefficient (Wildman–Crippen LogP) is 6.46. The highest BCUT2D eigenvalue weighted by molar-refractivity contribution is 7.77. The van der Waals surface area contributed by atoms with Crippen LogP contribution in [0.15, 0.2) is 145 Å². The Morgan fingerprint density at radius 1 is 0.500 bits per heavy atom. The second-order valence-corrected chi connectivity index (χ2v) is 12.6. The largest absolute Gasteiger partial charge is 0.0761 e. The van der Waals surface area contributed by atoms with E-state index in [0.717, 1.165) is 6.42 Å². The minimum atomic E-state index is -0.538. The molecule has 0 amide bonds. The van der Waals surface area contributed by atoms with Crippen molar-refractivity contribution in [1.29, 1.82) is 0 Å². The zero-order chi connectivity index (χ0) is 21.6. The van der Waals surface area contributed by atoms with Crippen LogP contribution >= 0.6 is 15.8 Å². The number of hydrogen-bond acceptors (Lipinski definition) is 0. The normalized spacial score (nSPS) is 15.7. The number of allylic oxidation sites excluding steroid dienone is 4. The van der Waals surface area contributed by atoms with E-state index in [9.17, 15) is 0 Å². The Balaban J connectivity index is 1.53. The predicted molar refractivity (Wildman–Crippen MR) is 144 cm³/mol. The minimum Gasteiger partial charge on any atom is -0.0761 e. The van der Waals surface area contributed by atoms with Crippen LogP contribution in [0.3, 0.4) is 0 Å². The zero-order valence-corrected chi connectivity index (χ0v) is 19.7. The summed E-state index contributed by atoms with van der Waals surface area (Å²) in [5.74, 6) is 0. The lowest BCUT2D eigenvalue weighted by molar-refractivity contribution is 1.03. The maximum absolute atomic E-state index is 2.44. The van der Waals surface area contributed by atoms with Gasteiger partial charge in [-0.25, -0.2) is 0 Å². The van der Waals surface area contributed by atoms with Crippen LogP contribution in [-0.2, 0) is 0 Å². The average Bonchev–Trinajstić information content (AvgIpc) is 2.87. The molecular formula is C30H26P2. The summed E-state index contributed by atoms with van der Waals surface area (Å²) in [5.41, 5.74) is 0.493. The molecule has 4 aromatic carbocycles. The van der Waals surface area contributed by atoms with Gasteiger partial charge < -0.3 is 0 Å². The molecule has 1 aliphatic carbocycles. The van der Waals surface area contributed by atoms with Crippen molar-refractivity contribution in [3.8, 4) is 0 Å². The quantitative estimate of drug-likeness (QED) is 0.297. The van der Waals surface area contributed by atoms with E-state index in [2.05, 4.69) is 140 Å². The van der Waals surface area contributed by atoms with E-state index in [1.165, 1.54) is 21.2 Å². The van der Waals surface area contributed by atoms with Gasteiger partial charge in [0.15, 0.2) is 0 Å². The second-order valence-electron chi connectivity index (χ2n) is 7.86. The summed E-state index contributed by atoms with van der Waals surface area (Å²) in [6, 6.07) is 44.3. The van der Waals surface area contributed by atoms with Gasteiger partial charge in [0.1, 0.15) is 0 Å². The van der Waals surface area contributed by atoms with Crippen molar-refractivity contribution in [2.24, 2.45) is 0 Å². The molecule has 32 heavy (non-hydrogen) atoms. The first-order chi connectivity index (χ1) is 15.9. The van der Waals surface area contributed by atoms with Crippen LogP contribution in [0.1, 0.15) is 6.42 Å². The van der Waals surface area contributed by atoms with Gasteiger partial charge in [0.25, 0.3) is 0 Å². The zero-order valence-electron chi connectivity index (χ0n) is 18.0. The Hall–Kier alpha value is -2.78. The molecule has 156 valence electrons. The number of rotatable bonds is 6. The van der Waals surface area contributed by atoms with Crippen LogP contribution in [0, 0.1) is 0 Å². The maximum atomic E-state index is 2.44. The van der Waals surface area contributed by atoms with E-state index in [4.69, 9.17) is 0 Å². The van der Waals surface area contributed by atoms with E-state index in [-0.39, 0.29) is 0 Å². The molecular weight excluding hydrogens is 422 g/mol. The van der Waals surface area contributed by atoms with E-state index in [1.54, 1.807) is 5.31 Å². The van der Waals surface area contributed by atoms with Gasteiger partial charge in [-0.05, 0) is 48.8 Å².